The standard InChI is InChI=1S/C23H33FN3O7P/c1-15(2)32-23(30)17(4)26-35(34-18-9-7-6-8-10-18)31-13-19-11-16(3)22(33-19)27(14-28)12-20(24)21(29)25-5/h6-10,12,14-17,19,22,26H,11,13H2,1-5H3,(H,25,29)/b20-12+. The highest BCUT2D eigenvalue weighted by Crippen LogP contribution is 2.38. The average molecular weight is 514 g/mol. The Hall–Kier alpha value is -2.59. The third kappa shape index (κ3) is 9.18. The van der Waals surface area contributed by atoms with Crippen molar-refractivity contribution in [3.8, 4) is 5.75 Å². The Morgan fingerprint density at radius 1 is 1.29 bits per heavy atom. The number of carbonyl (C=O) groups excluding carboxylic acids is 3. The summed E-state index contributed by atoms with van der Waals surface area (Å²) in [4.78, 5) is 36.2. The number of esters is 1. The molecule has 2 rings (SSSR count). The number of amides is 2. The van der Waals surface area contributed by atoms with E-state index >= 15 is 0 Å². The number of ether oxygens (including phenoxy) is 2. The molecule has 5 unspecified atom stereocenters. The number of benzene rings is 1. The molecule has 1 aliphatic heterocycles. The molecular weight excluding hydrogens is 480 g/mol. The first-order valence-corrected chi connectivity index (χ1v) is 12.4. The van der Waals surface area contributed by atoms with Gasteiger partial charge in [0.1, 0.15) is 18.0 Å². The molecule has 0 radical (unpaired) electrons. The van der Waals surface area contributed by atoms with Crippen molar-refractivity contribution in [1.82, 2.24) is 15.3 Å². The highest BCUT2D eigenvalue weighted by Gasteiger charge is 2.37. The minimum Gasteiger partial charge on any atom is -0.462 e. The Labute approximate surface area is 206 Å². The fourth-order valence-electron chi connectivity index (χ4n) is 3.23. The van der Waals surface area contributed by atoms with Crippen LogP contribution in [0, 0.1) is 5.92 Å². The Balaban J connectivity index is 2.03. The van der Waals surface area contributed by atoms with E-state index in [1.807, 2.05) is 25.1 Å². The summed E-state index contributed by atoms with van der Waals surface area (Å²) in [6.07, 6.45) is 0.266. The van der Waals surface area contributed by atoms with Crippen LogP contribution in [0.2, 0.25) is 0 Å². The molecule has 1 saturated heterocycles. The molecule has 10 nitrogen and oxygen atoms in total. The van der Waals surface area contributed by atoms with E-state index in [2.05, 4.69) is 10.4 Å². The first kappa shape index (κ1) is 28.6. The van der Waals surface area contributed by atoms with Gasteiger partial charge in [0.2, 0.25) is 12.2 Å². The summed E-state index contributed by atoms with van der Waals surface area (Å²) in [5.74, 6) is -2.10. The van der Waals surface area contributed by atoms with Crippen LogP contribution in [0.1, 0.15) is 34.1 Å². The molecule has 1 heterocycles. The predicted octanol–water partition coefficient (Wildman–Crippen LogP) is 3.01. The molecule has 1 aromatic carbocycles. The lowest BCUT2D eigenvalue weighted by Crippen LogP contribution is -2.36. The Morgan fingerprint density at radius 2 is 1.97 bits per heavy atom. The van der Waals surface area contributed by atoms with Crippen molar-refractivity contribution in [2.75, 3.05) is 13.7 Å². The number of nitrogens with zero attached hydrogens (tertiary/aromatic N) is 1. The zero-order valence-corrected chi connectivity index (χ0v) is 21.4. The quantitative estimate of drug-likeness (QED) is 0.179. The predicted molar refractivity (Wildman–Crippen MR) is 127 cm³/mol. The molecule has 0 bridgehead atoms. The lowest BCUT2D eigenvalue weighted by molar-refractivity contribution is -0.149. The summed E-state index contributed by atoms with van der Waals surface area (Å²) in [6, 6.07) is 8.30. The number of likely N-dealkylation sites (N-methyl/N-ethyl adjacent to an activating group) is 1. The lowest BCUT2D eigenvalue weighted by atomic mass is 10.1. The molecule has 0 aromatic heterocycles. The van der Waals surface area contributed by atoms with Crippen LogP contribution >= 0.6 is 8.53 Å². The van der Waals surface area contributed by atoms with Gasteiger partial charge in [0.05, 0.1) is 25.0 Å². The van der Waals surface area contributed by atoms with E-state index in [0.717, 1.165) is 11.1 Å². The van der Waals surface area contributed by atoms with Crippen LogP contribution in [0.5, 0.6) is 5.75 Å². The van der Waals surface area contributed by atoms with Crippen molar-refractivity contribution < 1.29 is 37.3 Å². The molecule has 0 spiro atoms. The number of hydrogen-bond acceptors (Lipinski definition) is 8. The molecule has 0 saturated carbocycles. The molecule has 194 valence electrons. The van der Waals surface area contributed by atoms with Crippen molar-refractivity contribution >= 4 is 26.8 Å². The van der Waals surface area contributed by atoms with Gasteiger partial charge in [-0.25, -0.2) is 5.09 Å². The molecule has 2 N–H and O–H groups in total. The topological polar surface area (TPSA) is 115 Å². The van der Waals surface area contributed by atoms with Crippen LogP contribution in [0.3, 0.4) is 0 Å². The first-order chi connectivity index (χ1) is 16.6. The van der Waals surface area contributed by atoms with E-state index in [9.17, 15) is 18.8 Å². The van der Waals surface area contributed by atoms with Gasteiger partial charge in [-0.05, 0) is 39.3 Å². The van der Waals surface area contributed by atoms with Gasteiger partial charge >= 0.3 is 14.5 Å². The van der Waals surface area contributed by atoms with Gasteiger partial charge in [-0.1, -0.05) is 25.1 Å². The SMILES string of the molecule is CNC(=O)/C(F)=C\N(C=O)C1OC(COP(NC(C)C(=O)OC(C)C)Oc2ccccc2)CC1C. The van der Waals surface area contributed by atoms with Crippen LogP contribution < -0.4 is 14.9 Å². The third-order valence-electron chi connectivity index (χ3n) is 4.89. The summed E-state index contributed by atoms with van der Waals surface area (Å²) in [5, 5.41) is 5.17. The van der Waals surface area contributed by atoms with E-state index in [4.69, 9.17) is 18.5 Å². The summed E-state index contributed by atoms with van der Waals surface area (Å²) in [6.45, 7) is 7.11. The number of rotatable bonds is 13. The van der Waals surface area contributed by atoms with Crippen molar-refractivity contribution in [2.45, 2.75) is 58.6 Å². The van der Waals surface area contributed by atoms with Crippen molar-refractivity contribution in [1.29, 1.82) is 0 Å². The van der Waals surface area contributed by atoms with Crippen LogP contribution in [0.15, 0.2) is 42.4 Å². The number of para-hydroxylation sites is 1. The van der Waals surface area contributed by atoms with E-state index < -0.39 is 44.6 Å². The zero-order valence-electron chi connectivity index (χ0n) is 20.5. The first-order valence-electron chi connectivity index (χ1n) is 11.2. The minimum atomic E-state index is -1.76. The number of nitrogens with one attached hydrogen (secondary N) is 2. The number of hydrogen-bond donors (Lipinski definition) is 2. The van der Waals surface area contributed by atoms with Crippen molar-refractivity contribution in [2.24, 2.45) is 5.92 Å². The van der Waals surface area contributed by atoms with Gasteiger partial charge in [0, 0.05) is 13.0 Å². The Bertz CT molecular complexity index is 874. The maximum absolute atomic E-state index is 13.9. The summed E-state index contributed by atoms with van der Waals surface area (Å²) < 4.78 is 36.9. The maximum atomic E-state index is 13.9. The fourth-order valence-corrected chi connectivity index (χ4v) is 4.44. The van der Waals surface area contributed by atoms with Crippen LogP contribution in [0.4, 0.5) is 4.39 Å². The Kier molecular flexibility index (Phi) is 11.5. The second-order valence-electron chi connectivity index (χ2n) is 8.26. The summed E-state index contributed by atoms with van der Waals surface area (Å²) in [7, 11) is -0.473. The summed E-state index contributed by atoms with van der Waals surface area (Å²) in [5.41, 5.74) is 0. The van der Waals surface area contributed by atoms with E-state index in [1.54, 1.807) is 32.9 Å². The fraction of sp³-hybridized carbons (Fsp3) is 0.522. The maximum Gasteiger partial charge on any atom is 0.323 e. The van der Waals surface area contributed by atoms with Crippen molar-refractivity contribution in [3.05, 3.63) is 42.4 Å². The lowest BCUT2D eigenvalue weighted by Gasteiger charge is -2.25. The van der Waals surface area contributed by atoms with Gasteiger partial charge < -0.3 is 23.8 Å². The van der Waals surface area contributed by atoms with Gasteiger partial charge in [-0.3, -0.25) is 19.3 Å². The normalized spacial score (nSPS) is 21.8. The third-order valence-corrected chi connectivity index (χ3v) is 6.25. The van der Waals surface area contributed by atoms with Crippen LogP contribution in [-0.2, 0) is 28.4 Å². The van der Waals surface area contributed by atoms with Gasteiger partial charge in [-0.2, -0.15) is 4.39 Å². The summed E-state index contributed by atoms with van der Waals surface area (Å²) >= 11 is 0. The van der Waals surface area contributed by atoms with Crippen LogP contribution in [-0.4, -0.2) is 61.3 Å². The zero-order chi connectivity index (χ0) is 26.0. The van der Waals surface area contributed by atoms with Gasteiger partial charge in [0.15, 0.2) is 0 Å². The molecule has 12 heteroatoms. The van der Waals surface area contributed by atoms with Gasteiger partial charge in [0.25, 0.3) is 5.91 Å². The minimum absolute atomic E-state index is 0.0899. The highest BCUT2D eigenvalue weighted by molar-refractivity contribution is 7.45. The molecule has 1 fully saturated rings. The van der Waals surface area contributed by atoms with Crippen molar-refractivity contribution in [3.63, 3.8) is 0 Å². The molecule has 35 heavy (non-hydrogen) atoms. The van der Waals surface area contributed by atoms with Crippen LogP contribution in [0.25, 0.3) is 0 Å². The molecule has 2 amide bonds. The molecule has 1 aliphatic rings. The Morgan fingerprint density at radius 3 is 2.57 bits per heavy atom. The van der Waals surface area contributed by atoms with E-state index in [-0.39, 0.29) is 18.6 Å². The van der Waals surface area contributed by atoms with E-state index in [0.29, 0.717) is 18.6 Å². The largest absolute Gasteiger partial charge is 0.462 e. The monoisotopic (exact) mass is 513 g/mol. The highest BCUT2D eigenvalue weighted by atomic mass is 31.2. The molecular formula is C23H33FN3O7P. The van der Waals surface area contributed by atoms with Gasteiger partial charge in [-0.15, -0.1) is 0 Å². The number of halogens is 1. The second-order valence-corrected chi connectivity index (χ2v) is 9.48. The molecule has 1 aromatic rings. The smallest absolute Gasteiger partial charge is 0.323 e. The molecule has 0 aliphatic carbocycles. The van der Waals surface area contributed by atoms with E-state index in [1.165, 1.54) is 7.05 Å². The molecule has 5 atom stereocenters. The second kappa shape index (κ2) is 14.1. The average Bonchev–Trinajstić information content (AvgIpc) is 3.20. The number of carbonyl (C=O) groups is 3.